The van der Waals surface area contributed by atoms with Crippen LogP contribution < -0.4 is 0 Å². The van der Waals surface area contributed by atoms with Crippen molar-refractivity contribution in [3.8, 4) is 0 Å². The van der Waals surface area contributed by atoms with E-state index in [0.29, 0.717) is 5.75 Å². The van der Waals surface area contributed by atoms with Crippen molar-refractivity contribution in [3.05, 3.63) is 12.2 Å². The van der Waals surface area contributed by atoms with Crippen LogP contribution in [0.25, 0.3) is 0 Å². The topological polar surface area (TPSA) is 0 Å². The molecule has 47 valence electrons. The number of halogens is 3. The zero-order valence-electron chi connectivity index (χ0n) is 3.90. The summed E-state index contributed by atoms with van der Waals surface area (Å²) in [7, 11) is 0. The highest BCUT2D eigenvalue weighted by Gasteiger charge is 2.12. The monoisotopic (exact) mass is 189 g/mol. The van der Waals surface area contributed by atoms with Crippen LogP contribution in [0, 0.1) is 0 Å². The van der Waals surface area contributed by atoms with Gasteiger partial charge in [0.05, 0.1) is 0 Å². The number of rotatable bonds is 1. The van der Waals surface area contributed by atoms with E-state index in [2.05, 4.69) is 12.6 Å². The minimum Gasteiger partial charge on any atom is -0.0897 e. The van der Waals surface area contributed by atoms with E-state index in [4.69, 9.17) is 34.8 Å². The summed E-state index contributed by atoms with van der Waals surface area (Å²) in [5.74, 6) is 0.480. The van der Waals surface area contributed by atoms with Crippen LogP contribution in [0.5, 0.6) is 0 Å². The first-order valence-electron chi connectivity index (χ1n) is 1.89. The summed E-state index contributed by atoms with van der Waals surface area (Å²) >= 11 is 20.5. The maximum Gasteiger partial charge on any atom is 0.209 e. The first kappa shape index (κ1) is 8.96. The standard InChI is InChI=1S/C4H4Cl3S/c5-4(6,7)2-1-3-8/h1-2H,3H2/b2-1+. The Bertz CT molecular complexity index is 83.8. The zero-order chi connectivity index (χ0) is 6.62. The summed E-state index contributed by atoms with van der Waals surface area (Å²) in [6.45, 7) is 0. The van der Waals surface area contributed by atoms with Gasteiger partial charge < -0.3 is 0 Å². The van der Waals surface area contributed by atoms with Crippen molar-refractivity contribution in [3.63, 3.8) is 0 Å². The number of hydrogen-bond donors (Lipinski definition) is 0. The van der Waals surface area contributed by atoms with Gasteiger partial charge in [0.25, 0.3) is 0 Å². The molecule has 0 saturated heterocycles. The Balaban J connectivity index is 3.52. The third kappa shape index (κ3) is 6.96. The van der Waals surface area contributed by atoms with E-state index in [1.54, 1.807) is 6.08 Å². The smallest absolute Gasteiger partial charge is 0.0897 e. The second-order valence-electron chi connectivity index (χ2n) is 1.11. The van der Waals surface area contributed by atoms with Gasteiger partial charge in [0, 0.05) is 5.75 Å². The van der Waals surface area contributed by atoms with E-state index in [1.165, 1.54) is 6.08 Å². The molecule has 0 aliphatic rings. The maximum atomic E-state index is 5.31. The number of allylic oxidation sites excluding steroid dienone is 1. The molecule has 0 heterocycles. The lowest BCUT2D eigenvalue weighted by atomic mass is 10.6. The molecule has 0 saturated carbocycles. The van der Waals surface area contributed by atoms with Crippen molar-refractivity contribution in [2.24, 2.45) is 0 Å². The summed E-state index contributed by atoms with van der Waals surface area (Å²) in [6, 6.07) is 0. The summed E-state index contributed by atoms with van der Waals surface area (Å²) < 4.78 is -1.28. The van der Waals surface area contributed by atoms with Crippen LogP contribution in [0.15, 0.2) is 12.2 Å². The van der Waals surface area contributed by atoms with E-state index >= 15 is 0 Å². The van der Waals surface area contributed by atoms with E-state index in [0.717, 1.165) is 0 Å². The molecule has 0 aliphatic heterocycles. The minimum absolute atomic E-state index is 0.480. The highest BCUT2D eigenvalue weighted by molar-refractivity contribution is 7.80. The van der Waals surface area contributed by atoms with Gasteiger partial charge in [0.2, 0.25) is 3.79 Å². The first-order valence-corrected chi connectivity index (χ1v) is 3.60. The van der Waals surface area contributed by atoms with Crippen LogP contribution in [0.3, 0.4) is 0 Å². The largest absolute Gasteiger partial charge is 0.209 e. The normalized spacial score (nSPS) is 13.0. The average Bonchev–Trinajstić information content (AvgIpc) is 1.59. The molecule has 8 heavy (non-hydrogen) atoms. The lowest BCUT2D eigenvalue weighted by Crippen LogP contribution is -1.93. The molecule has 0 N–H and O–H groups in total. The lowest BCUT2D eigenvalue weighted by Gasteiger charge is -2.00. The fraction of sp³-hybridized carbons (Fsp3) is 0.500. The fourth-order valence-electron chi connectivity index (χ4n) is 0.182. The first-order chi connectivity index (χ1) is 3.56. The molecule has 0 amide bonds. The molecular formula is C4H4Cl3S. The Hall–Kier alpha value is 0.960. The van der Waals surface area contributed by atoms with Crippen molar-refractivity contribution in [1.29, 1.82) is 0 Å². The Morgan fingerprint density at radius 2 is 1.88 bits per heavy atom. The summed E-state index contributed by atoms with van der Waals surface area (Å²) in [6.07, 6.45) is 3.06. The van der Waals surface area contributed by atoms with Gasteiger partial charge in [-0.15, -0.1) is 0 Å². The average molecular weight is 191 g/mol. The molecule has 0 rings (SSSR count). The highest BCUT2D eigenvalue weighted by Crippen LogP contribution is 2.26. The van der Waals surface area contributed by atoms with Crippen LogP contribution in [0.2, 0.25) is 0 Å². The third-order valence-corrected chi connectivity index (χ3v) is 0.973. The van der Waals surface area contributed by atoms with Crippen LogP contribution in [-0.2, 0) is 0 Å². The van der Waals surface area contributed by atoms with Gasteiger partial charge in [0.15, 0.2) is 0 Å². The fourth-order valence-corrected chi connectivity index (χ4v) is 0.545. The molecule has 0 aromatic heterocycles. The van der Waals surface area contributed by atoms with Crippen LogP contribution in [0.4, 0.5) is 0 Å². The van der Waals surface area contributed by atoms with Crippen molar-refractivity contribution in [1.82, 2.24) is 0 Å². The van der Waals surface area contributed by atoms with E-state index in [-0.39, 0.29) is 0 Å². The highest BCUT2D eigenvalue weighted by atomic mass is 35.6. The molecular weight excluding hydrogens is 186 g/mol. The summed E-state index contributed by atoms with van der Waals surface area (Å²) in [5, 5.41) is 0. The van der Waals surface area contributed by atoms with Crippen molar-refractivity contribution < 1.29 is 0 Å². The van der Waals surface area contributed by atoms with Crippen LogP contribution >= 0.6 is 47.4 Å². The Kier molecular flexibility index (Phi) is 4.35. The third-order valence-electron chi connectivity index (χ3n) is 0.403. The van der Waals surface area contributed by atoms with E-state index < -0.39 is 3.79 Å². The number of alkyl halides is 3. The lowest BCUT2D eigenvalue weighted by molar-refractivity contribution is 1.45. The molecule has 0 aromatic carbocycles. The molecule has 0 unspecified atom stereocenters. The number of hydrogen-bond acceptors (Lipinski definition) is 0. The maximum absolute atomic E-state index is 5.31. The second-order valence-corrected chi connectivity index (χ2v) is 3.81. The molecule has 0 atom stereocenters. The zero-order valence-corrected chi connectivity index (χ0v) is 6.99. The Labute approximate surface area is 69.2 Å². The molecule has 0 nitrogen and oxygen atoms in total. The molecule has 0 aliphatic carbocycles. The summed E-state index contributed by atoms with van der Waals surface area (Å²) in [4.78, 5) is 0. The minimum atomic E-state index is -1.28. The second kappa shape index (κ2) is 3.89. The molecule has 0 spiro atoms. The predicted octanol–water partition coefficient (Wildman–Crippen LogP) is 3.11. The van der Waals surface area contributed by atoms with Gasteiger partial charge in [-0.3, -0.25) is 0 Å². The van der Waals surface area contributed by atoms with Gasteiger partial charge >= 0.3 is 0 Å². The van der Waals surface area contributed by atoms with Crippen molar-refractivity contribution in [2.75, 3.05) is 5.75 Å². The van der Waals surface area contributed by atoms with Gasteiger partial charge in [0.1, 0.15) is 0 Å². The van der Waals surface area contributed by atoms with Gasteiger partial charge in [-0.1, -0.05) is 53.5 Å². The van der Waals surface area contributed by atoms with Crippen LogP contribution in [0.1, 0.15) is 0 Å². The molecule has 1 radical (unpaired) electrons. The Morgan fingerprint density at radius 1 is 1.38 bits per heavy atom. The quantitative estimate of drug-likeness (QED) is 0.440. The molecule has 0 fully saturated rings. The van der Waals surface area contributed by atoms with Crippen LogP contribution in [-0.4, -0.2) is 9.55 Å². The molecule has 0 aromatic rings. The molecule has 0 bridgehead atoms. The van der Waals surface area contributed by atoms with Gasteiger partial charge in [-0.05, 0) is 6.08 Å². The van der Waals surface area contributed by atoms with Crippen molar-refractivity contribution in [2.45, 2.75) is 3.79 Å². The summed E-state index contributed by atoms with van der Waals surface area (Å²) in [5.41, 5.74) is 0. The SMILES string of the molecule is [S]C/C=C/C(Cl)(Cl)Cl. The van der Waals surface area contributed by atoms with Crippen molar-refractivity contribution >= 4 is 47.4 Å². The van der Waals surface area contributed by atoms with E-state index in [1.807, 2.05) is 0 Å². The van der Waals surface area contributed by atoms with Gasteiger partial charge in [-0.2, -0.15) is 0 Å². The predicted molar refractivity (Wildman–Crippen MR) is 41.9 cm³/mol. The van der Waals surface area contributed by atoms with Gasteiger partial charge in [-0.25, -0.2) is 0 Å². The van der Waals surface area contributed by atoms with E-state index in [9.17, 15) is 0 Å². The molecule has 4 heteroatoms. The Morgan fingerprint density at radius 3 is 2.00 bits per heavy atom.